The number of benzene rings is 1. The van der Waals surface area contributed by atoms with E-state index in [0.717, 1.165) is 43.2 Å². The van der Waals surface area contributed by atoms with Crippen LogP contribution >= 0.6 is 11.3 Å². The number of carbonyl (C=O) groups excluding carboxylic acids is 2. The van der Waals surface area contributed by atoms with E-state index in [1.165, 1.54) is 9.60 Å². The lowest BCUT2D eigenvalue weighted by Gasteiger charge is -2.32. The van der Waals surface area contributed by atoms with E-state index < -0.39 is 11.7 Å². The Kier molecular flexibility index (Phi) is 6.51. The van der Waals surface area contributed by atoms with Gasteiger partial charge in [0.25, 0.3) is 0 Å². The molecule has 0 atom stereocenters. The number of rotatable bonds is 5. The van der Waals surface area contributed by atoms with Crippen molar-refractivity contribution < 1.29 is 19.2 Å². The van der Waals surface area contributed by atoms with Gasteiger partial charge in [-0.25, -0.2) is 9.78 Å². The number of alkyl carbamates (subject to hydrolysis) is 1. The van der Waals surface area contributed by atoms with Crippen LogP contribution in [0.15, 0.2) is 24.3 Å². The molecular weight excluding hydrogens is 376 g/mol. The average Bonchev–Trinajstić information content (AvgIpc) is 3.03. The molecule has 1 aromatic carbocycles. The standard InChI is InChI=1S/C20H28N4O3S/c1-20(2,3)27-19(26)21-9-8-18(25)24-12-10-23(11-13-24)14-17-22-15-6-4-5-7-16(15)28-17/h4-7H,8-14H2,1-3H3,(H,21,26)/p+1. The third-order valence-corrected chi connectivity index (χ3v) is 5.61. The van der Waals surface area contributed by atoms with Gasteiger partial charge in [-0.05, 0) is 32.9 Å². The van der Waals surface area contributed by atoms with Crippen LogP contribution in [0.4, 0.5) is 4.79 Å². The topological polar surface area (TPSA) is 76.0 Å². The van der Waals surface area contributed by atoms with Gasteiger partial charge in [-0.3, -0.25) is 4.79 Å². The van der Waals surface area contributed by atoms with Crippen LogP contribution in [0.25, 0.3) is 10.2 Å². The average molecular weight is 406 g/mol. The van der Waals surface area contributed by atoms with Crippen LogP contribution in [0.5, 0.6) is 0 Å². The molecule has 1 fully saturated rings. The van der Waals surface area contributed by atoms with E-state index in [4.69, 9.17) is 9.72 Å². The Bertz CT molecular complexity index is 789. The lowest BCUT2D eigenvalue weighted by molar-refractivity contribution is -0.917. The minimum atomic E-state index is -0.531. The molecule has 2 N–H and O–H groups in total. The number of nitrogens with one attached hydrogen (secondary N) is 2. The third-order valence-electron chi connectivity index (χ3n) is 4.57. The van der Waals surface area contributed by atoms with E-state index in [-0.39, 0.29) is 5.91 Å². The Labute approximate surface area is 169 Å². The molecule has 0 aliphatic carbocycles. The van der Waals surface area contributed by atoms with Crippen LogP contribution in [0, 0.1) is 0 Å². The molecule has 0 bridgehead atoms. The van der Waals surface area contributed by atoms with Gasteiger partial charge in [-0.2, -0.15) is 0 Å². The number of hydrogen-bond acceptors (Lipinski definition) is 5. The van der Waals surface area contributed by atoms with Gasteiger partial charge < -0.3 is 19.9 Å². The summed E-state index contributed by atoms with van der Waals surface area (Å²) in [6.07, 6.45) is -0.183. The predicted molar refractivity (Wildman–Crippen MR) is 109 cm³/mol. The van der Waals surface area contributed by atoms with Gasteiger partial charge in [0.15, 0.2) is 0 Å². The SMILES string of the molecule is CC(C)(C)OC(=O)NCCC(=O)N1CC[NH+](Cc2nc3ccccc3s2)CC1. The Morgan fingerprint density at radius 3 is 2.64 bits per heavy atom. The maximum atomic E-state index is 12.4. The molecule has 0 spiro atoms. The number of thiazole rings is 1. The first-order chi connectivity index (χ1) is 13.3. The molecule has 0 saturated carbocycles. The van der Waals surface area contributed by atoms with Crippen molar-refractivity contribution >= 4 is 33.6 Å². The highest BCUT2D eigenvalue weighted by Gasteiger charge is 2.24. The second kappa shape index (κ2) is 8.87. The normalized spacial score (nSPS) is 15.6. The molecule has 1 aliphatic rings. The largest absolute Gasteiger partial charge is 0.444 e. The quantitative estimate of drug-likeness (QED) is 0.789. The van der Waals surface area contributed by atoms with E-state index in [9.17, 15) is 9.59 Å². The fourth-order valence-corrected chi connectivity index (χ4v) is 4.24. The summed E-state index contributed by atoms with van der Waals surface area (Å²) in [5.74, 6) is 0.0788. The van der Waals surface area contributed by atoms with E-state index >= 15 is 0 Å². The predicted octanol–water partition coefficient (Wildman–Crippen LogP) is 1.44. The first kappa shape index (κ1) is 20.5. The summed E-state index contributed by atoms with van der Waals surface area (Å²) in [6, 6.07) is 8.21. The fourth-order valence-electron chi connectivity index (χ4n) is 3.20. The molecule has 0 unspecified atom stereocenters. The van der Waals surface area contributed by atoms with Crippen molar-refractivity contribution in [2.45, 2.75) is 39.3 Å². The van der Waals surface area contributed by atoms with Crippen LogP contribution in [-0.2, 0) is 16.1 Å². The van der Waals surface area contributed by atoms with Gasteiger partial charge in [0.2, 0.25) is 5.91 Å². The summed E-state index contributed by atoms with van der Waals surface area (Å²) in [4.78, 5) is 32.0. The summed E-state index contributed by atoms with van der Waals surface area (Å²) in [7, 11) is 0. The molecular formula is C20H29N4O3S+. The number of fused-ring (bicyclic) bond motifs is 1. The zero-order chi connectivity index (χ0) is 20.1. The molecule has 2 aromatic rings. The van der Waals surface area contributed by atoms with E-state index in [2.05, 4.69) is 11.4 Å². The summed E-state index contributed by atoms with van der Waals surface area (Å²) in [6.45, 7) is 9.96. The minimum Gasteiger partial charge on any atom is -0.444 e. The number of quaternary nitrogens is 1. The van der Waals surface area contributed by atoms with Gasteiger partial charge in [-0.15, -0.1) is 11.3 Å². The first-order valence-corrected chi connectivity index (χ1v) is 10.5. The fraction of sp³-hybridized carbons (Fsp3) is 0.550. The van der Waals surface area contributed by atoms with Crippen molar-refractivity contribution in [3.8, 4) is 0 Å². The number of aromatic nitrogens is 1. The number of piperazine rings is 1. The smallest absolute Gasteiger partial charge is 0.407 e. The Balaban J connectivity index is 1.38. The second-order valence-corrected chi connectivity index (χ2v) is 9.18. The highest BCUT2D eigenvalue weighted by molar-refractivity contribution is 7.18. The highest BCUT2D eigenvalue weighted by atomic mass is 32.1. The number of amides is 2. The first-order valence-electron chi connectivity index (χ1n) is 9.73. The van der Waals surface area contributed by atoms with Crippen molar-refractivity contribution in [3.05, 3.63) is 29.3 Å². The van der Waals surface area contributed by atoms with E-state index in [0.29, 0.717) is 13.0 Å². The van der Waals surface area contributed by atoms with Crippen LogP contribution in [-0.4, -0.2) is 60.2 Å². The van der Waals surface area contributed by atoms with E-state index in [1.807, 2.05) is 43.9 Å². The van der Waals surface area contributed by atoms with E-state index in [1.54, 1.807) is 11.3 Å². The molecule has 3 rings (SSSR count). The number of para-hydroxylation sites is 1. The maximum Gasteiger partial charge on any atom is 0.407 e. The van der Waals surface area contributed by atoms with Crippen LogP contribution < -0.4 is 10.2 Å². The molecule has 1 aromatic heterocycles. The summed E-state index contributed by atoms with van der Waals surface area (Å²) >= 11 is 1.75. The van der Waals surface area contributed by atoms with Gasteiger partial charge in [0.05, 0.1) is 36.4 Å². The zero-order valence-corrected chi connectivity index (χ0v) is 17.6. The second-order valence-electron chi connectivity index (χ2n) is 8.06. The minimum absolute atomic E-state index is 0.0788. The molecule has 152 valence electrons. The Hall–Kier alpha value is -2.19. The number of hydrogen-bond donors (Lipinski definition) is 2. The maximum absolute atomic E-state index is 12.4. The van der Waals surface area contributed by atoms with Crippen molar-refractivity contribution in [3.63, 3.8) is 0 Å². The Morgan fingerprint density at radius 1 is 1.25 bits per heavy atom. The van der Waals surface area contributed by atoms with Gasteiger partial charge in [0, 0.05) is 13.0 Å². The lowest BCUT2D eigenvalue weighted by Crippen LogP contribution is -3.13. The molecule has 8 heteroatoms. The number of ether oxygens (including phenoxy) is 1. The molecule has 1 aliphatic heterocycles. The molecule has 2 amide bonds. The van der Waals surface area contributed by atoms with Crippen molar-refractivity contribution in [1.82, 2.24) is 15.2 Å². The summed E-state index contributed by atoms with van der Waals surface area (Å²) in [5.41, 5.74) is 0.532. The Morgan fingerprint density at radius 2 is 1.96 bits per heavy atom. The highest BCUT2D eigenvalue weighted by Crippen LogP contribution is 2.20. The van der Waals surface area contributed by atoms with Crippen molar-refractivity contribution in [2.24, 2.45) is 0 Å². The summed E-state index contributed by atoms with van der Waals surface area (Å²) in [5, 5.41) is 3.79. The molecule has 28 heavy (non-hydrogen) atoms. The van der Waals surface area contributed by atoms with Gasteiger partial charge >= 0.3 is 6.09 Å². The number of nitrogens with zero attached hydrogens (tertiary/aromatic N) is 2. The van der Waals surface area contributed by atoms with Crippen LogP contribution in [0.2, 0.25) is 0 Å². The van der Waals surface area contributed by atoms with Gasteiger partial charge in [0.1, 0.15) is 17.2 Å². The molecule has 0 radical (unpaired) electrons. The summed E-state index contributed by atoms with van der Waals surface area (Å²) < 4.78 is 6.40. The van der Waals surface area contributed by atoms with Crippen molar-refractivity contribution in [2.75, 3.05) is 32.7 Å². The molecule has 2 heterocycles. The monoisotopic (exact) mass is 405 g/mol. The number of carbonyl (C=O) groups is 2. The van der Waals surface area contributed by atoms with Crippen LogP contribution in [0.1, 0.15) is 32.2 Å². The zero-order valence-electron chi connectivity index (χ0n) is 16.8. The molecule has 7 nitrogen and oxygen atoms in total. The third kappa shape index (κ3) is 5.90. The van der Waals surface area contributed by atoms with Gasteiger partial charge in [-0.1, -0.05) is 12.1 Å². The lowest BCUT2D eigenvalue weighted by atomic mass is 10.2. The van der Waals surface area contributed by atoms with Crippen LogP contribution in [0.3, 0.4) is 0 Å². The molecule has 1 saturated heterocycles. The van der Waals surface area contributed by atoms with Crippen molar-refractivity contribution in [1.29, 1.82) is 0 Å².